The molecular weight excluding hydrogens is 314 g/mol. The second-order valence-corrected chi connectivity index (χ2v) is 6.39. The molecule has 126 valence electrons. The summed E-state index contributed by atoms with van der Waals surface area (Å²) in [5, 5.41) is 0. The third-order valence-corrected chi connectivity index (χ3v) is 3.43. The van der Waals surface area contributed by atoms with Crippen molar-refractivity contribution in [1.29, 1.82) is 0 Å². The fraction of sp³-hybridized carbons (Fsp3) is 0.222. The minimum atomic E-state index is -0.871. The summed E-state index contributed by atoms with van der Waals surface area (Å²) in [5.74, 6) is -3.08. The van der Waals surface area contributed by atoms with Crippen LogP contribution in [-0.2, 0) is 5.41 Å². The van der Waals surface area contributed by atoms with Crippen molar-refractivity contribution >= 4 is 11.8 Å². The van der Waals surface area contributed by atoms with Crippen LogP contribution in [0.1, 0.15) is 47.1 Å². The van der Waals surface area contributed by atoms with Crippen molar-refractivity contribution in [3.63, 3.8) is 0 Å². The van der Waals surface area contributed by atoms with Crippen molar-refractivity contribution < 1.29 is 18.4 Å². The van der Waals surface area contributed by atoms with E-state index in [2.05, 4.69) is 31.6 Å². The van der Waals surface area contributed by atoms with E-state index < -0.39 is 23.4 Å². The number of carbonyl (C=O) groups is 2. The van der Waals surface area contributed by atoms with Crippen molar-refractivity contribution in [2.45, 2.75) is 26.2 Å². The molecule has 0 aliphatic rings. The van der Waals surface area contributed by atoms with Gasteiger partial charge in [0.05, 0.1) is 0 Å². The molecule has 0 spiro atoms. The molecule has 0 saturated heterocycles. The van der Waals surface area contributed by atoms with E-state index in [0.717, 1.165) is 17.7 Å². The van der Waals surface area contributed by atoms with Crippen molar-refractivity contribution in [1.82, 2.24) is 10.9 Å². The van der Waals surface area contributed by atoms with Crippen LogP contribution < -0.4 is 10.9 Å². The first kappa shape index (κ1) is 17.6. The zero-order chi connectivity index (χ0) is 17.9. The van der Waals surface area contributed by atoms with Crippen LogP contribution in [0.25, 0.3) is 0 Å². The number of hydrazine groups is 1. The Balaban J connectivity index is 2.01. The van der Waals surface area contributed by atoms with Gasteiger partial charge in [0.15, 0.2) is 0 Å². The molecule has 0 radical (unpaired) electrons. The molecule has 2 aromatic rings. The molecule has 2 aromatic carbocycles. The number of hydrogen-bond acceptors (Lipinski definition) is 2. The lowest BCUT2D eigenvalue weighted by molar-refractivity contribution is 0.0846. The van der Waals surface area contributed by atoms with Gasteiger partial charge in [0.2, 0.25) is 0 Å². The van der Waals surface area contributed by atoms with Gasteiger partial charge in [-0.05, 0) is 35.2 Å². The highest BCUT2D eigenvalue weighted by atomic mass is 19.1. The Morgan fingerprint density at radius 3 is 1.71 bits per heavy atom. The van der Waals surface area contributed by atoms with Crippen LogP contribution in [0.5, 0.6) is 0 Å². The van der Waals surface area contributed by atoms with E-state index in [1.807, 2.05) is 12.1 Å². The summed E-state index contributed by atoms with van der Waals surface area (Å²) in [6.07, 6.45) is 0. The molecule has 0 unspecified atom stereocenters. The van der Waals surface area contributed by atoms with Gasteiger partial charge in [0.1, 0.15) is 11.6 Å². The zero-order valence-corrected chi connectivity index (χ0v) is 13.6. The molecule has 0 aliphatic carbocycles. The summed E-state index contributed by atoms with van der Waals surface area (Å²) in [5.41, 5.74) is 5.50. The first-order valence-corrected chi connectivity index (χ1v) is 7.34. The van der Waals surface area contributed by atoms with E-state index in [1.54, 1.807) is 12.1 Å². The highest BCUT2D eigenvalue weighted by molar-refractivity contribution is 5.99. The van der Waals surface area contributed by atoms with Gasteiger partial charge in [0, 0.05) is 17.2 Å². The van der Waals surface area contributed by atoms with Crippen LogP contribution in [0.3, 0.4) is 0 Å². The van der Waals surface area contributed by atoms with Crippen LogP contribution in [-0.4, -0.2) is 11.8 Å². The molecule has 0 heterocycles. The number of hydrogen-bond donors (Lipinski definition) is 2. The zero-order valence-electron chi connectivity index (χ0n) is 13.6. The van der Waals surface area contributed by atoms with Crippen molar-refractivity contribution in [3.8, 4) is 0 Å². The van der Waals surface area contributed by atoms with Gasteiger partial charge in [-0.15, -0.1) is 0 Å². The molecule has 0 aromatic heterocycles. The van der Waals surface area contributed by atoms with Crippen LogP contribution in [0, 0.1) is 11.6 Å². The first-order valence-electron chi connectivity index (χ1n) is 7.34. The van der Waals surface area contributed by atoms with Crippen molar-refractivity contribution in [3.05, 3.63) is 70.8 Å². The molecule has 6 heteroatoms. The van der Waals surface area contributed by atoms with Gasteiger partial charge in [-0.1, -0.05) is 32.9 Å². The van der Waals surface area contributed by atoms with Crippen LogP contribution in [0.4, 0.5) is 8.78 Å². The first-order chi connectivity index (χ1) is 11.2. The Kier molecular flexibility index (Phi) is 4.97. The van der Waals surface area contributed by atoms with Crippen molar-refractivity contribution in [2.75, 3.05) is 0 Å². The van der Waals surface area contributed by atoms with E-state index in [1.165, 1.54) is 0 Å². The lowest BCUT2D eigenvalue weighted by atomic mass is 9.87. The molecule has 0 aliphatic heterocycles. The van der Waals surface area contributed by atoms with Gasteiger partial charge in [0.25, 0.3) is 11.8 Å². The monoisotopic (exact) mass is 332 g/mol. The fourth-order valence-corrected chi connectivity index (χ4v) is 2.06. The van der Waals surface area contributed by atoms with Gasteiger partial charge < -0.3 is 0 Å². The fourth-order valence-electron chi connectivity index (χ4n) is 2.06. The molecule has 0 atom stereocenters. The summed E-state index contributed by atoms with van der Waals surface area (Å²) in [6.45, 7) is 6.17. The summed E-state index contributed by atoms with van der Waals surface area (Å²) >= 11 is 0. The SMILES string of the molecule is CC(C)(C)c1ccc(C(=O)NNC(=O)c2cc(F)cc(F)c2)cc1. The number of amides is 2. The quantitative estimate of drug-likeness (QED) is 0.829. The van der Waals surface area contributed by atoms with E-state index in [0.29, 0.717) is 11.6 Å². The van der Waals surface area contributed by atoms with Gasteiger partial charge in [-0.25, -0.2) is 8.78 Å². The van der Waals surface area contributed by atoms with Crippen LogP contribution in [0.15, 0.2) is 42.5 Å². The third-order valence-electron chi connectivity index (χ3n) is 3.43. The number of carbonyl (C=O) groups excluding carboxylic acids is 2. The molecule has 4 nitrogen and oxygen atoms in total. The normalized spacial score (nSPS) is 11.0. The second-order valence-electron chi connectivity index (χ2n) is 6.39. The van der Waals surface area contributed by atoms with E-state index in [4.69, 9.17) is 0 Å². The second kappa shape index (κ2) is 6.78. The molecule has 2 rings (SSSR count). The Labute approximate surface area is 138 Å². The molecule has 0 fully saturated rings. The summed E-state index contributed by atoms with van der Waals surface area (Å²) < 4.78 is 26.2. The largest absolute Gasteiger partial charge is 0.269 e. The van der Waals surface area contributed by atoms with E-state index in [9.17, 15) is 18.4 Å². The summed E-state index contributed by atoms with van der Waals surface area (Å²) in [6, 6.07) is 9.36. The molecule has 0 saturated carbocycles. The number of benzene rings is 2. The maximum Gasteiger partial charge on any atom is 0.269 e. The highest BCUT2D eigenvalue weighted by Crippen LogP contribution is 2.22. The average molecular weight is 332 g/mol. The van der Waals surface area contributed by atoms with Gasteiger partial charge in [-0.2, -0.15) is 0 Å². The Bertz CT molecular complexity index is 745. The standard InChI is InChI=1S/C18H18F2N2O2/c1-18(2,3)13-6-4-11(5-7-13)16(23)21-22-17(24)12-8-14(19)10-15(20)9-12/h4-10H,1-3H3,(H,21,23)(H,22,24). The number of halogens is 2. The van der Waals surface area contributed by atoms with E-state index >= 15 is 0 Å². The maximum absolute atomic E-state index is 13.1. The Morgan fingerprint density at radius 1 is 0.792 bits per heavy atom. The predicted octanol–water partition coefficient (Wildman–Crippen LogP) is 3.34. The molecule has 2 amide bonds. The lowest BCUT2D eigenvalue weighted by Crippen LogP contribution is -2.41. The smallest absolute Gasteiger partial charge is 0.267 e. The highest BCUT2D eigenvalue weighted by Gasteiger charge is 2.15. The third kappa shape index (κ3) is 4.38. The maximum atomic E-state index is 13.1. The molecule has 24 heavy (non-hydrogen) atoms. The number of rotatable bonds is 2. The van der Waals surface area contributed by atoms with Crippen molar-refractivity contribution in [2.24, 2.45) is 0 Å². The lowest BCUT2D eigenvalue weighted by Gasteiger charge is -2.19. The minimum Gasteiger partial charge on any atom is -0.267 e. The number of nitrogens with one attached hydrogen (secondary N) is 2. The summed E-state index contributed by atoms with van der Waals surface area (Å²) in [4.78, 5) is 23.8. The van der Waals surface area contributed by atoms with Crippen LogP contribution in [0.2, 0.25) is 0 Å². The van der Waals surface area contributed by atoms with Gasteiger partial charge in [-0.3, -0.25) is 20.4 Å². The van der Waals surface area contributed by atoms with Crippen LogP contribution >= 0.6 is 0 Å². The van der Waals surface area contributed by atoms with E-state index in [-0.39, 0.29) is 11.0 Å². The average Bonchev–Trinajstić information content (AvgIpc) is 2.50. The molecular formula is C18H18F2N2O2. The Morgan fingerprint density at radius 2 is 1.25 bits per heavy atom. The topological polar surface area (TPSA) is 58.2 Å². The molecule has 0 bridgehead atoms. The summed E-state index contributed by atoms with van der Waals surface area (Å²) in [7, 11) is 0. The Hall–Kier alpha value is -2.76. The van der Waals surface area contributed by atoms with Gasteiger partial charge >= 0.3 is 0 Å². The molecule has 2 N–H and O–H groups in total. The minimum absolute atomic E-state index is 0.0370. The predicted molar refractivity (Wildman–Crippen MR) is 86.4 cm³/mol.